The smallest absolute Gasteiger partial charge is 0.307 e. The van der Waals surface area contributed by atoms with E-state index in [9.17, 15) is 9.59 Å². The zero-order chi connectivity index (χ0) is 16.8. The lowest BCUT2D eigenvalue weighted by molar-refractivity contribution is -0.144. The van der Waals surface area contributed by atoms with E-state index >= 15 is 0 Å². The zero-order valence-electron chi connectivity index (χ0n) is 13.0. The zero-order valence-corrected chi connectivity index (χ0v) is 15.4. The molecule has 0 spiro atoms. The quantitative estimate of drug-likeness (QED) is 0.417. The molecule has 1 amide bonds. The van der Waals surface area contributed by atoms with Gasteiger partial charge < -0.3 is 9.64 Å². The average Bonchev–Trinajstić information content (AvgIpc) is 3.07. The number of thioether (sulfide) groups is 1. The van der Waals surface area contributed by atoms with Crippen LogP contribution >= 0.6 is 35.3 Å². The molecular formula is C15H18N2O3S3. The lowest BCUT2D eigenvalue weighted by Crippen LogP contribution is -2.31. The Labute approximate surface area is 149 Å². The minimum Gasteiger partial charge on any atom is -0.464 e. The molecular weight excluding hydrogens is 352 g/mol. The average molecular weight is 371 g/mol. The third-order valence-corrected chi connectivity index (χ3v) is 5.23. The molecule has 0 unspecified atom stereocenters. The van der Waals surface area contributed by atoms with E-state index in [2.05, 4.69) is 0 Å². The molecule has 0 bridgehead atoms. The summed E-state index contributed by atoms with van der Waals surface area (Å²) in [6.07, 6.45) is 1.98. The third-order valence-electron chi connectivity index (χ3n) is 3.03. The lowest BCUT2D eigenvalue weighted by Gasteiger charge is -2.14. The van der Waals surface area contributed by atoms with E-state index in [-0.39, 0.29) is 24.8 Å². The molecule has 0 radical (unpaired) electrons. The highest BCUT2D eigenvalue weighted by Gasteiger charge is 2.32. The summed E-state index contributed by atoms with van der Waals surface area (Å²) >= 11 is 8.07. The van der Waals surface area contributed by atoms with Crippen LogP contribution in [0.15, 0.2) is 22.4 Å². The van der Waals surface area contributed by atoms with E-state index < -0.39 is 0 Å². The van der Waals surface area contributed by atoms with Gasteiger partial charge in [0.05, 0.1) is 11.3 Å². The van der Waals surface area contributed by atoms with Crippen LogP contribution in [-0.4, -0.2) is 59.8 Å². The number of likely N-dealkylation sites (N-methyl/N-ethyl adjacent to an activating group) is 1. The first-order chi connectivity index (χ1) is 11.0. The number of rotatable bonds is 7. The Bertz CT molecular complexity index is 611. The van der Waals surface area contributed by atoms with E-state index in [0.717, 1.165) is 4.88 Å². The topological polar surface area (TPSA) is 49.9 Å². The van der Waals surface area contributed by atoms with Gasteiger partial charge in [-0.15, -0.1) is 11.3 Å². The van der Waals surface area contributed by atoms with Gasteiger partial charge in [-0.05, 0) is 31.6 Å². The van der Waals surface area contributed by atoms with Gasteiger partial charge >= 0.3 is 5.97 Å². The summed E-state index contributed by atoms with van der Waals surface area (Å²) in [7, 11) is 3.82. The maximum Gasteiger partial charge on any atom is 0.307 e. The Balaban J connectivity index is 1.85. The molecule has 0 aromatic carbocycles. The fourth-order valence-electron chi connectivity index (χ4n) is 1.81. The first kappa shape index (κ1) is 18.1. The van der Waals surface area contributed by atoms with Crippen LogP contribution in [0.3, 0.4) is 0 Å². The first-order valence-electron chi connectivity index (χ1n) is 7.06. The van der Waals surface area contributed by atoms with Crippen molar-refractivity contribution in [3.05, 3.63) is 27.3 Å². The van der Waals surface area contributed by atoms with Crippen LogP contribution in [0, 0.1) is 0 Å². The van der Waals surface area contributed by atoms with Gasteiger partial charge in [0.25, 0.3) is 5.91 Å². The SMILES string of the molecule is CN(C)CCOC(=O)CCN1C(=O)/C(=C/c2cccs2)SC1=S. The Morgan fingerprint density at radius 3 is 2.91 bits per heavy atom. The van der Waals surface area contributed by atoms with Crippen LogP contribution < -0.4 is 0 Å². The Morgan fingerprint density at radius 1 is 1.48 bits per heavy atom. The van der Waals surface area contributed by atoms with Gasteiger partial charge in [0, 0.05) is 18.0 Å². The number of esters is 1. The predicted octanol–water partition coefficient (Wildman–Crippen LogP) is 2.44. The van der Waals surface area contributed by atoms with Crippen molar-refractivity contribution < 1.29 is 14.3 Å². The van der Waals surface area contributed by atoms with Gasteiger partial charge in [-0.25, -0.2) is 0 Å². The predicted molar refractivity (Wildman–Crippen MR) is 98.3 cm³/mol. The number of carbonyl (C=O) groups is 2. The normalized spacial score (nSPS) is 16.7. The van der Waals surface area contributed by atoms with Gasteiger partial charge in [-0.2, -0.15) is 0 Å². The Kier molecular flexibility index (Phi) is 6.76. The van der Waals surface area contributed by atoms with Crippen LogP contribution in [0.25, 0.3) is 6.08 Å². The van der Waals surface area contributed by atoms with Gasteiger partial charge in [0.15, 0.2) is 0 Å². The van der Waals surface area contributed by atoms with Gasteiger partial charge in [-0.3, -0.25) is 14.5 Å². The van der Waals surface area contributed by atoms with Crippen LogP contribution in [0.2, 0.25) is 0 Å². The van der Waals surface area contributed by atoms with Crippen molar-refractivity contribution in [1.82, 2.24) is 9.80 Å². The van der Waals surface area contributed by atoms with Crippen molar-refractivity contribution in [3.63, 3.8) is 0 Å². The maximum absolute atomic E-state index is 12.4. The number of amides is 1. The Morgan fingerprint density at radius 2 is 2.26 bits per heavy atom. The van der Waals surface area contributed by atoms with Crippen molar-refractivity contribution in [1.29, 1.82) is 0 Å². The number of hydrogen-bond donors (Lipinski definition) is 0. The molecule has 2 rings (SSSR count). The highest BCUT2D eigenvalue weighted by atomic mass is 32.2. The van der Waals surface area contributed by atoms with Gasteiger partial charge in [0.1, 0.15) is 10.9 Å². The van der Waals surface area contributed by atoms with Gasteiger partial charge in [-0.1, -0.05) is 30.0 Å². The molecule has 124 valence electrons. The van der Waals surface area contributed by atoms with E-state index in [1.165, 1.54) is 16.7 Å². The molecule has 0 saturated carbocycles. The molecule has 5 nitrogen and oxygen atoms in total. The summed E-state index contributed by atoms with van der Waals surface area (Å²) in [4.78, 5) is 29.0. The molecule has 23 heavy (non-hydrogen) atoms. The van der Waals surface area contributed by atoms with E-state index in [1.807, 2.05) is 42.6 Å². The molecule has 1 aromatic heterocycles. The summed E-state index contributed by atoms with van der Waals surface area (Å²) in [5.74, 6) is -0.461. The molecule has 0 aliphatic carbocycles. The third kappa shape index (κ3) is 5.42. The molecule has 1 aliphatic heterocycles. The van der Waals surface area contributed by atoms with Crippen molar-refractivity contribution in [2.75, 3.05) is 33.8 Å². The van der Waals surface area contributed by atoms with Crippen molar-refractivity contribution in [2.24, 2.45) is 0 Å². The van der Waals surface area contributed by atoms with Crippen LogP contribution in [0.1, 0.15) is 11.3 Å². The van der Waals surface area contributed by atoms with Crippen LogP contribution in [0.4, 0.5) is 0 Å². The number of ether oxygens (including phenoxy) is 1. The summed E-state index contributed by atoms with van der Waals surface area (Å²) in [5.41, 5.74) is 0. The van der Waals surface area contributed by atoms with Gasteiger partial charge in [0.2, 0.25) is 0 Å². The first-order valence-corrected chi connectivity index (χ1v) is 9.17. The van der Waals surface area contributed by atoms with Crippen molar-refractivity contribution in [3.8, 4) is 0 Å². The molecule has 1 fully saturated rings. The second-order valence-electron chi connectivity index (χ2n) is 5.12. The van der Waals surface area contributed by atoms with Crippen LogP contribution in [0.5, 0.6) is 0 Å². The molecule has 0 atom stereocenters. The Hall–Kier alpha value is -1.22. The van der Waals surface area contributed by atoms with Crippen molar-refractivity contribution >= 4 is 57.6 Å². The largest absolute Gasteiger partial charge is 0.464 e. The minimum absolute atomic E-state index is 0.144. The molecule has 1 aromatic rings. The molecule has 1 saturated heterocycles. The fraction of sp³-hybridized carbons (Fsp3) is 0.400. The number of hydrogen-bond acceptors (Lipinski definition) is 7. The molecule has 8 heteroatoms. The number of carbonyl (C=O) groups excluding carboxylic acids is 2. The van der Waals surface area contributed by atoms with E-state index in [0.29, 0.717) is 22.4 Å². The number of thiophene rings is 1. The standard InChI is InChI=1S/C15H18N2O3S3/c1-16(2)7-8-20-13(18)5-6-17-14(19)12(23-15(17)21)10-11-4-3-9-22-11/h3-4,9-10H,5-8H2,1-2H3/b12-10-. The summed E-state index contributed by atoms with van der Waals surface area (Å²) in [6, 6.07) is 3.88. The second-order valence-corrected chi connectivity index (χ2v) is 7.78. The van der Waals surface area contributed by atoms with Crippen LogP contribution in [-0.2, 0) is 14.3 Å². The number of nitrogens with zero attached hydrogens (tertiary/aromatic N) is 2. The highest BCUT2D eigenvalue weighted by Crippen LogP contribution is 2.33. The monoisotopic (exact) mass is 370 g/mol. The summed E-state index contributed by atoms with van der Waals surface area (Å²) < 4.78 is 5.60. The summed E-state index contributed by atoms with van der Waals surface area (Å²) in [5, 5.41) is 1.95. The summed E-state index contributed by atoms with van der Waals surface area (Å²) in [6.45, 7) is 1.28. The maximum atomic E-state index is 12.4. The fourth-order valence-corrected chi connectivity index (χ4v) is 3.84. The lowest BCUT2D eigenvalue weighted by atomic mass is 10.3. The highest BCUT2D eigenvalue weighted by molar-refractivity contribution is 8.26. The van der Waals surface area contributed by atoms with E-state index in [4.69, 9.17) is 17.0 Å². The molecule has 1 aliphatic rings. The van der Waals surface area contributed by atoms with Crippen molar-refractivity contribution in [2.45, 2.75) is 6.42 Å². The second kappa shape index (κ2) is 8.58. The van der Waals surface area contributed by atoms with E-state index in [1.54, 1.807) is 11.3 Å². The number of thiocarbonyl (C=S) groups is 1. The minimum atomic E-state index is -0.317. The molecule has 2 heterocycles. The molecule has 0 N–H and O–H groups in total.